The lowest BCUT2D eigenvalue weighted by atomic mass is 10.1. The standard InChI is InChI=1S/C22H27N5O6S/c1-2-15(22(30)33-27-34(31,32)18-6-4-3-5-7-18)14-26-19(28)12-13-25-21(29)17-10-8-16(9-11-17)20(23)24/h3-11,15,27H,2,12-14H2,1H3,(H3,23,24)(H,25,29)(H,26,28)/t15-/m0/s1. The van der Waals surface area contributed by atoms with Gasteiger partial charge in [-0.05, 0) is 35.6 Å². The Hall–Kier alpha value is -3.77. The third-order valence-electron chi connectivity index (χ3n) is 4.77. The van der Waals surface area contributed by atoms with Crippen LogP contribution in [0.25, 0.3) is 0 Å². The molecule has 0 saturated carbocycles. The zero-order valence-electron chi connectivity index (χ0n) is 18.5. The zero-order valence-corrected chi connectivity index (χ0v) is 19.4. The molecule has 0 aliphatic rings. The van der Waals surface area contributed by atoms with Gasteiger partial charge >= 0.3 is 5.97 Å². The first-order valence-electron chi connectivity index (χ1n) is 10.4. The van der Waals surface area contributed by atoms with Gasteiger partial charge in [0, 0.05) is 30.6 Å². The highest BCUT2D eigenvalue weighted by molar-refractivity contribution is 7.89. The molecular weight excluding hydrogens is 462 g/mol. The van der Waals surface area contributed by atoms with E-state index in [1.807, 2.05) is 0 Å². The number of carbonyl (C=O) groups excluding carboxylic acids is 3. The lowest BCUT2D eigenvalue weighted by Crippen LogP contribution is -2.38. The van der Waals surface area contributed by atoms with Crippen LogP contribution in [0.1, 0.15) is 35.7 Å². The Labute approximate surface area is 197 Å². The van der Waals surface area contributed by atoms with Gasteiger partial charge in [-0.15, -0.1) is 0 Å². The van der Waals surface area contributed by atoms with Crippen molar-refractivity contribution in [2.75, 3.05) is 13.1 Å². The fourth-order valence-corrected chi connectivity index (χ4v) is 3.54. The molecule has 0 heterocycles. The van der Waals surface area contributed by atoms with Gasteiger partial charge in [0.15, 0.2) is 0 Å². The van der Waals surface area contributed by atoms with Gasteiger partial charge in [-0.1, -0.05) is 37.3 Å². The SMILES string of the molecule is CC[C@@H](CNC(=O)CCNC(=O)c1ccc(C(=N)N)cc1)C(=O)ONS(=O)(=O)c1ccccc1. The van der Waals surface area contributed by atoms with Crippen LogP contribution in [0.4, 0.5) is 0 Å². The second-order valence-electron chi connectivity index (χ2n) is 7.23. The van der Waals surface area contributed by atoms with Gasteiger partial charge in [-0.3, -0.25) is 15.0 Å². The van der Waals surface area contributed by atoms with Crippen molar-refractivity contribution in [2.24, 2.45) is 11.7 Å². The number of amidine groups is 1. The van der Waals surface area contributed by atoms with E-state index in [0.717, 1.165) is 0 Å². The first-order valence-corrected chi connectivity index (χ1v) is 11.9. The van der Waals surface area contributed by atoms with Crippen LogP contribution < -0.4 is 21.3 Å². The summed E-state index contributed by atoms with van der Waals surface area (Å²) in [7, 11) is -4.02. The van der Waals surface area contributed by atoms with E-state index < -0.39 is 27.8 Å². The molecule has 11 nitrogen and oxygen atoms in total. The first kappa shape index (κ1) is 26.5. The van der Waals surface area contributed by atoms with Crippen LogP contribution in [0.3, 0.4) is 0 Å². The molecule has 0 saturated heterocycles. The summed E-state index contributed by atoms with van der Waals surface area (Å²) in [6, 6.07) is 13.6. The molecule has 0 bridgehead atoms. The number of carbonyl (C=O) groups is 3. The van der Waals surface area contributed by atoms with Gasteiger partial charge in [0.2, 0.25) is 5.91 Å². The maximum absolute atomic E-state index is 12.2. The highest BCUT2D eigenvalue weighted by Crippen LogP contribution is 2.09. The molecule has 0 aliphatic heterocycles. The Kier molecular flexibility index (Phi) is 9.71. The van der Waals surface area contributed by atoms with Crippen LogP contribution in [0.5, 0.6) is 0 Å². The molecule has 34 heavy (non-hydrogen) atoms. The molecular formula is C22H27N5O6S. The van der Waals surface area contributed by atoms with Crippen molar-refractivity contribution in [3.63, 3.8) is 0 Å². The highest BCUT2D eigenvalue weighted by atomic mass is 32.2. The lowest BCUT2D eigenvalue weighted by Gasteiger charge is -2.15. The van der Waals surface area contributed by atoms with E-state index in [-0.39, 0.29) is 36.1 Å². The monoisotopic (exact) mass is 489 g/mol. The second kappa shape index (κ2) is 12.5. The molecule has 0 fully saturated rings. The van der Waals surface area contributed by atoms with Gasteiger partial charge in [0.1, 0.15) is 5.84 Å². The molecule has 0 radical (unpaired) electrons. The van der Waals surface area contributed by atoms with Crippen LogP contribution in [0.2, 0.25) is 0 Å². The van der Waals surface area contributed by atoms with E-state index in [1.165, 1.54) is 36.4 Å². The predicted octanol–water partition coefficient (Wildman–Crippen LogP) is 0.670. The van der Waals surface area contributed by atoms with Gasteiger partial charge in [0.25, 0.3) is 15.9 Å². The quantitative estimate of drug-likeness (QED) is 0.165. The Bertz CT molecular complexity index is 1120. The van der Waals surface area contributed by atoms with Crippen molar-refractivity contribution < 1.29 is 27.6 Å². The third kappa shape index (κ3) is 7.98. The summed E-state index contributed by atoms with van der Waals surface area (Å²) in [4.78, 5) is 42.9. The highest BCUT2D eigenvalue weighted by Gasteiger charge is 2.22. The minimum atomic E-state index is -4.02. The summed E-state index contributed by atoms with van der Waals surface area (Å²) in [6.45, 7) is 1.71. The average molecular weight is 490 g/mol. The van der Waals surface area contributed by atoms with Gasteiger partial charge < -0.3 is 21.2 Å². The molecule has 1 atom stereocenters. The topological polar surface area (TPSA) is 181 Å². The fourth-order valence-electron chi connectivity index (χ4n) is 2.74. The zero-order chi connectivity index (χ0) is 25.1. The number of amides is 2. The van der Waals surface area contributed by atoms with E-state index in [9.17, 15) is 22.8 Å². The molecule has 0 aliphatic carbocycles. The van der Waals surface area contributed by atoms with Crippen LogP contribution >= 0.6 is 0 Å². The summed E-state index contributed by atoms with van der Waals surface area (Å²) in [5.74, 6) is -2.49. The number of nitrogens with one attached hydrogen (secondary N) is 4. The van der Waals surface area contributed by atoms with Crippen LogP contribution in [-0.4, -0.2) is 45.1 Å². The van der Waals surface area contributed by atoms with Crippen molar-refractivity contribution in [1.29, 1.82) is 5.41 Å². The molecule has 12 heteroatoms. The maximum atomic E-state index is 12.2. The van der Waals surface area contributed by atoms with Crippen LogP contribution in [0.15, 0.2) is 59.5 Å². The van der Waals surface area contributed by atoms with Crippen LogP contribution in [0, 0.1) is 11.3 Å². The largest absolute Gasteiger partial charge is 0.384 e. The minimum absolute atomic E-state index is 0.0244. The summed E-state index contributed by atoms with van der Waals surface area (Å²) >= 11 is 0. The second-order valence-corrected chi connectivity index (χ2v) is 8.87. The van der Waals surface area contributed by atoms with E-state index in [1.54, 1.807) is 30.0 Å². The molecule has 0 aromatic heterocycles. The first-order chi connectivity index (χ1) is 16.1. The number of sulfonamides is 1. The third-order valence-corrected chi connectivity index (χ3v) is 5.97. The summed E-state index contributed by atoms with van der Waals surface area (Å²) in [5, 5.41) is 12.5. The van der Waals surface area contributed by atoms with Crippen LogP contribution in [-0.2, 0) is 24.4 Å². The number of nitrogen functional groups attached to an aromatic ring is 1. The maximum Gasteiger partial charge on any atom is 0.331 e. The van der Waals surface area contributed by atoms with E-state index in [2.05, 4.69) is 10.6 Å². The van der Waals surface area contributed by atoms with Crippen molar-refractivity contribution in [1.82, 2.24) is 15.5 Å². The minimum Gasteiger partial charge on any atom is -0.384 e. The molecule has 2 aromatic carbocycles. The smallest absolute Gasteiger partial charge is 0.331 e. The Balaban J connectivity index is 1.74. The van der Waals surface area contributed by atoms with Gasteiger partial charge in [0.05, 0.1) is 10.8 Å². The van der Waals surface area contributed by atoms with Crippen molar-refractivity contribution in [3.05, 3.63) is 65.7 Å². The molecule has 6 N–H and O–H groups in total. The molecule has 182 valence electrons. The fraction of sp³-hybridized carbons (Fsp3) is 0.273. The average Bonchev–Trinajstić information content (AvgIpc) is 2.83. The molecule has 0 unspecified atom stereocenters. The molecule has 2 amide bonds. The van der Waals surface area contributed by atoms with E-state index in [0.29, 0.717) is 17.5 Å². The molecule has 2 rings (SSSR count). The number of rotatable bonds is 12. The molecule has 2 aromatic rings. The number of benzene rings is 2. The lowest BCUT2D eigenvalue weighted by molar-refractivity contribution is -0.152. The van der Waals surface area contributed by atoms with Crippen molar-refractivity contribution >= 4 is 33.6 Å². The number of hydrogen-bond acceptors (Lipinski definition) is 7. The van der Waals surface area contributed by atoms with Gasteiger partial charge in [-0.25, -0.2) is 13.2 Å². The Morgan fingerprint density at radius 1 is 1.00 bits per heavy atom. The summed E-state index contributed by atoms with van der Waals surface area (Å²) < 4.78 is 24.3. The van der Waals surface area contributed by atoms with E-state index >= 15 is 0 Å². The van der Waals surface area contributed by atoms with Crippen molar-refractivity contribution in [3.8, 4) is 0 Å². The predicted molar refractivity (Wildman–Crippen MR) is 124 cm³/mol. The number of hydrogen-bond donors (Lipinski definition) is 5. The number of nitrogens with two attached hydrogens (primary N) is 1. The van der Waals surface area contributed by atoms with Crippen molar-refractivity contribution in [2.45, 2.75) is 24.7 Å². The summed E-state index contributed by atoms with van der Waals surface area (Å²) in [6.07, 6.45) is 0.280. The Morgan fingerprint density at radius 3 is 2.21 bits per heavy atom. The van der Waals surface area contributed by atoms with Gasteiger partial charge in [-0.2, -0.15) is 0 Å². The summed E-state index contributed by atoms with van der Waals surface area (Å²) in [5.41, 5.74) is 6.22. The van der Waals surface area contributed by atoms with E-state index in [4.69, 9.17) is 16.0 Å². The molecule has 0 spiro atoms. The Morgan fingerprint density at radius 2 is 1.62 bits per heavy atom. The normalized spacial score (nSPS) is 11.8.